The van der Waals surface area contributed by atoms with Crippen LogP contribution in [0.4, 0.5) is 0 Å². The van der Waals surface area contributed by atoms with Crippen LogP contribution in [0, 0.1) is 0 Å². The molecule has 0 aromatic rings. The number of rotatable bonds is 0. The third-order valence-corrected chi connectivity index (χ3v) is 1.10. The Hall–Kier alpha value is -1.38. The van der Waals surface area contributed by atoms with Crippen molar-refractivity contribution in [3.05, 3.63) is 24.7 Å². The summed E-state index contributed by atoms with van der Waals surface area (Å²) in [7, 11) is 0. The molecule has 0 radical (unpaired) electrons. The monoisotopic (exact) mass is 136 g/mol. The van der Waals surface area contributed by atoms with Crippen LogP contribution in [0.5, 0.6) is 0 Å². The third-order valence-electron chi connectivity index (χ3n) is 1.10. The Morgan fingerprint density at radius 3 is 3.00 bits per heavy atom. The molecule has 0 aliphatic carbocycles. The number of nitrogens with zero attached hydrogens (tertiary/aromatic N) is 2. The van der Waals surface area contributed by atoms with Gasteiger partial charge in [0.25, 0.3) is 0 Å². The van der Waals surface area contributed by atoms with Gasteiger partial charge in [-0.2, -0.15) is 0 Å². The van der Waals surface area contributed by atoms with Crippen LogP contribution in [0.15, 0.2) is 29.7 Å². The number of carbonyl (C=O) groups excluding carboxylic acids is 1. The van der Waals surface area contributed by atoms with E-state index in [9.17, 15) is 4.79 Å². The van der Waals surface area contributed by atoms with Crippen LogP contribution < -0.4 is 0 Å². The molecule has 0 bridgehead atoms. The molecule has 0 saturated heterocycles. The molecule has 0 N–H and O–H groups in total. The van der Waals surface area contributed by atoms with E-state index in [1.807, 2.05) is 0 Å². The highest BCUT2D eigenvalue weighted by atomic mass is 16.2. The van der Waals surface area contributed by atoms with Crippen molar-refractivity contribution in [3.8, 4) is 0 Å². The Balaban J connectivity index is 2.72. The molecule has 0 aromatic carbocycles. The molecule has 0 saturated carbocycles. The highest BCUT2D eigenvalue weighted by Crippen LogP contribution is 1.95. The largest absolute Gasteiger partial charge is 0.293 e. The lowest BCUT2D eigenvalue weighted by atomic mass is 10.5. The van der Waals surface area contributed by atoms with Crippen LogP contribution in [0.1, 0.15) is 6.92 Å². The zero-order chi connectivity index (χ0) is 7.40. The van der Waals surface area contributed by atoms with Gasteiger partial charge in [-0.1, -0.05) is 0 Å². The van der Waals surface area contributed by atoms with Crippen molar-refractivity contribution in [3.63, 3.8) is 0 Å². The number of allylic oxidation sites excluding steroid dienone is 1. The molecule has 3 heteroatoms. The minimum atomic E-state index is -0.0157. The second-order valence-corrected chi connectivity index (χ2v) is 1.86. The van der Waals surface area contributed by atoms with Crippen molar-refractivity contribution in [2.24, 2.45) is 4.99 Å². The van der Waals surface area contributed by atoms with Gasteiger partial charge in [-0.05, 0) is 6.08 Å². The molecule has 0 spiro atoms. The third kappa shape index (κ3) is 1.55. The number of hydrogen-bond acceptors (Lipinski definition) is 2. The fraction of sp³-hybridized carbons (Fsp3) is 0.143. The summed E-state index contributed by atoms with van der Waals surface area (Å²) >= 11 is 0. The van der Waals surface area contributed by atoms with Gasteiger partial charge in [0.15, 0.2) is 0 Å². The molecule has 0 fully saturated rings. The van der Waals surface area contributed by atoms with Crippen molar-refractivity contribution in [1.29, 1.82) is 0 Å². The quantitative estimate of drug-likeness (QED) is 0.487. The molecule has 10 heavy (non-hydrogen) atoms. The first kappa shape index (κ1) is 6.74. The molecule has 52 valence electrons. The van der Waals surface area contributed by atoms with Crippen LogP contribution in [0.25, 0.3) is 0 Å². The second-order valence-electron chi connectivity index (χ2n) is 1.86. The Kier molecular flexibility index (Phi) is 1.99. The Morgan fingerprint density at radius 2 is 2.30 bits per heavy atom. The van der Waals surface area contributed by atoms with Crippen LogP contribution in [-0.2, 0) is 4.79 Å². The summed E-state index contributed by atoms with van der Waals surface area (Å²) in [6.07, 6.45) is 8.18. The summed E-state index contributed by atoms with van der Waals surface area (Å²) < 4.78 is 0. The van der Waals surface area contributed by atoms with Gasteiger partial charge >= 0.3 is 0 Å². The molecule has 0 aromatic heterocycles. The minimum Gasteiger partial charge on any atom is -0.293 e. The predicted molar refractivity (Wildman–Crippen MR) is 39.3 cm³/mol. The lowest BCUT2D eigenvalue weighted by Crippen LogP contribution is -2.14. The molecule has 1 amide bonds. The van der Waals surface area contributed by atoms with E-state index in [1.54, 1.807) is 30.9 Å². The fourth-order valence-corrected chi connectivity index (χ4v) is 0.601. The molecule has 3 nitrogen and oxygen atoms in total. The van der Waals surface area contributed by atoms with Gasteiger partial charge in [0.05, 0.1) is 0 Å². The van der Waals surface area contributed by atoms with E-state index in [0.717, 1.165) is 0 Å². The highest BCUT2D eigenvalue weighted by molar-refractivity contribution is 5.78. The van der Waals surface area contributed by atoms with E-state index in [-0.39, 0.29) is 5.91 Å². The maximum Gasteiger partial charge on any atom is 0.227 e. The lowest BCUT2D eigenvalue weighted by molar-refractivity contribution is -0.124. The van der Waals surface area contributed by atoms with E-state index < -0.39 is 0 Å². The standard InChI is InChI=1S/C7H8N2O/c1-7(10)9-5-2-3-8-4-6-9/h2-6H,1H3. The summed E-state index contributed by atoms with van der Waals surface area (Å²) in [5.41, 5.74) is 0. The van der Waals surface area contributed by atoms with Gasteiger partial charge in [-0.15, -0.1) is 0 Å². The summed E-state index contributed by atoms with van der Waals surface area (Å²) in [5, 5.41) is 0. The van der Waals surface area contributed by atoms with Crippen molar-refractivity contribution in [2.75, 3.05) is 0 Å². The van der Waals surface area contributed by atoms with Crippen molar-refractivity contribution < 1.29 is 4.79 Å². The van der Waals surface area contributed by atoms with Crippen molar-refractivity contribution >= 4 is 12.1 Å². The van der Waals surface area contributed by atoms with Crippen molar-refractivity contribution in [2.45, 2.75) is 6.92 Å². The highest BCUT2D eigenvalue weighted by Gasteiger charge is 1.98. The van der Waals surface area contributed by atoms with E-state index in [2.05, 4.69) is 4.99 Å². The zero-order valence-electron chi connectivity index (χ0n) is 5.69. The molecular weight excluding hydrogens is 128 g/mol. The molecule has 1 aliphatic heterocycles. The number of aliphatic imine (C=N–C) groups is 1. The molecule has 1 heterocycles. The van der Waals surface area contributed by atoms with Gasteiger partial charge < -0.3 is 0 Å². The summed E-state index contributed by atoms with van der Waals surface area (Å²) in [6, 6.07) is 0. The van der Waals surface area contributed by atoms with Crippen molar-refractivity contribution in [1.82, 2.24) is 4.90 Å². The maximum atomic E-state index is 10.7. The average Bonchev–Trinajstić information content (AvgIpc) is 2.12. The molecule has 0 atom stereocenters. The Morgan fingerprint density at radius 1 is 1.50 bits per heavy atom. The van der Waals surface area contributed by atoms with E-state index in [1.165, 1.54) is 11.8 Å². The Labute approximate surface area is 59.4 Å². The predicted octanol–water partition coefficient (Wildman–Crippen LogP) is 0.904. The first-order chi connectivity index (χ1) is 4.80. The van der Waals surface area contributed by atoms with Crippen LogP contribution in [0.2, 0.25) is 0 Å². The molecule has 1 aliphatic rings. The first-order valence-electron chi connectivity index (χ1n) is 2.96. The first-order valence-corrected chi connectivity index (χ1v) is 2.96. The fourth-order valence-electron chi connectivity index (χ4n) is 0.601. The topological polar surface area (TPSA) is 32.7 Å². The molecule has 0 unspecified atom stereocenters. The van der Waals surface area contributed by atoms with Gasteiger partial charge in [-0.25, -0.2) is 0 Å². The van der Waals surface area contributed by atoms with Gasteiger partial charge in [0, 0.05) is 31.7 Å². The molecular formula is C7H8N2O. The Bertz CT molecular complexity index is 200. The lowest BCUT2D eigenvalue weighted by Gasteiger charge is -2.06. The van der Waals surface area contributed by atoms with E-state index in [4.69, 9.17) is 0 Å². The number of amides is 1. The average molecular weight is 136 g/mol. The normalized spacial score (nSPS) is 15.5. The maximum absolute atomic E-state index is 10.7. The van der Waals surface area contributed by atoms with Crippen LogP contribution >= 0.6 is 0 Å². The van der Waals surface area contributed by atoms with Crippen LogP contribution in [0.3, 0.4) is 0 Å². The van der Waals surface area contributed by atoms with Gasteiger partial charge in [0.1, 0.15) is 0 Å². The second kappa shape index (κ2) is 2.96. The van der Waals surface area contributed by atoms with E-state index in [0.29, 0.717) is 0 Å². The molecule has 1 rings (SSSR count). The van der Waals surface area contributed by atoms with Gasteiger partial charge in [-0.3, -0.25) is 14.7 Å². The summed E-state index contributed by atoms with van der Waals surface area (Å²) in [6.45, 7) is 1.50. The SMILES string of the molecule is CC(=O)N1C=CC=NC=C1. The minimum absolute atomic E-state index is 0.0157. The number of hydrogen-bond donors (Lipinski definition) is 0. The summed E-state index contributed by atoms with van der Waals surface area (Å²) in [4.78, 5) is 16.0. The number of carbonyl (C=O) groups is 1. The van der Waals surface area contributed by atoms with Crippen LogP contribution in [-0.4, -0.2) is 17.0 Å². The zero-order valence-corrected chi connectivity index (χ0v) is 5.69. The smallest absolute Gasteiger partial charge is 0.227 e. The van der Waals surface area contributed by atoms with E-state index >= 15 is 0 Å². The summed E-state index contributed by atoms with van der Waals surface area (Å²) in [5.74, 6) is -0.0157. The van der Waals surface area contributed by atoms with Gasteiger partial charge in [0.2, 0.25) is 5.91 Å².